The normalized spacial score (nSPS) is 12.4. The molecule has 3 aromatic rings. The molecule has 1 unspecified atom stereocenters. The largest absolute Gasteiger partial charge is 0.322 e. The van der Waals surface area contributed by atoms with Crippen molar-refractivity contribution in [2.75, 3.05) is 0 Å². The highest BCUT2D eigenvalue weighted by molar-refractivity contribution is 7.98. The van der Waals surface area contributed by atoms with Crippen molar-refractivity contribution in [3.8, 4) is 5.69 Å². The minimum Gasteiger partial charge on any atom is -0.322 e. The van der Waals surface area contributed by atoms with Gasteiger partial charge in [0.05, 0.1) is 16.8 Å². The van der Waals surface area contributed by atoms with Crippen molar-refractivity contribution < 1.29 is 0 Å². The number of hydrogen-bond acceptors (Lipinski definition) is 4. The van der Waals surface area contributed by atoms with Crippen LogP contribution in [0.15, 0.2) is 47.6 Å². The summed E-state index contributed by atoms with van der Waals surface area (Å²) >= 11 is 14.0. The van der Waals surface area contributed by atoms with Crippen LogP contribution in [0.1, 0.15) is 29.9 Å². The molecule has 0 amide bonds. The van der Waals surface area contributed by atoms with E-state index in [1.807, 2.05) is 17.6 Å². The van der Waals surface area contributed by atoms with E-state index in [9.17, 15) is 0 Å². The van der Waals surface area contributed by atoms with Crippen molar-refractivity contribution in [2.24, 2.45) is 5.73 Å². The number of thioether (sulfide) groups is 1. The van der Waals surface area contributed by atoms with Gasteiger partial charge in [0.25, 0.3) is 0 Å². The van der Waals surface area contributed by atoms with E-state index in [1.165, 1.54) is 11.1 Å². The third-order valence-electron chi connectivity index (χ3n) is 3.67. The maximum atomic E-state index is 6.40. The van der Waals surface area contributed by atoms with E-state index in [0.29, 0.717) is 15.9 Å². The van der Waals surface area contributed by atoms with Crippen LogP contribution in [0.3, 0.4) is 0 Å². The molecule has 1 aromatic heterocycles. The molecule has 0 aliphatic carbocycles. The van der Waals surface area contributed by atoms with Crippen molar-refractivity contribution in [2.45, 2.75) is 30.8 Å². The number of nitrogens with two attached hydrogens (primary N) is 1. The van der Waals surface area contributed by atoms with Crippen molar-refractivity contribution in [1.29, 1.82) is 0 Å². The Morgan fingerprint density at radius 2 is 1.96 bits per heavy atom. The summed E-state index contributed by atoms with van der Waals surface area (Å²) in [5.74, 6) is 1.44. The molecule has 130 valence electrons. The number of aromatic nitrogens is 3. The van der Waals surface area contributed by atoms with Crippen LogP contribution in [-0.4, -0.2) is 14.8 Å². The second-order valence-electron chi connectivity index (χ2n) is 5.84. The van der Waals surface area contributed by atoms with Crippen molar-refractivity contribution in [3.05, 3.63) is 69.5 Å². The lowest BCUT2D eigenvalue weighted by Crippen LogP contribution is -2.13. The zero-order valence-corrected chi connectivity index (χ0v) is 16.2. The molecule has 0 bridgehead atoms. The molecule has 0 aliphatic rings. The van der Waals surface area contributed by atoms with Gasteiger partial charge >= 0.3 is 0 Å². The van der Waals surface area contributed by atoms with Crippen molar-refractivity contribution in [1.82, 2.24) is 14.8 Å². The van der Waals surface area contributed by atoms with Gasteiger partial charge in [0.15, 0.2) is 11.0 Å². The Balaban J connectivity index is 1.97. The van der Waals surface area contributed by atoms with Gasteiger partial charge in [0.1, 0.15) is 0 Å². The Labute approximate surface area is 161 Å². The van der Waals surface area contributed by atoms with Gasteiger partial charge in [-0.15, -0.1) is 10.2 Å². The van der Waals surface area contributed by atoms with Gasteiger partial charge in [-0.25, -0.2) is 0 Å². The van der Waals surface area contributed by atoms with E-state index in [-0.39, 0.29) is 6.04 Å². The average Bonchev–Trinajstić information content (AvgIpc) is 2.97. The fourth-order valence-electron chi connectivity index (χ4n) is 2.51. The molecule has 2 aromatic carbocycles. The molecule has 0 fully saturated rings. The molecule has 3 rings (SSSR count). The highest BCUT2D eigenvalue weighted by Crippen LogP contribution is 2.31. The lowest BCUT2D eigenvalue weighted by molar-refractivity contribution is 0.704. The molecule has 0 spiro atoms. The second kappa shape index (κ2) is 7.79. The minimum absolute atomic E-state index is 0.271. The molecule has 4 nitrogen and oxygen atoms in total. The Kier molecular flexibility index (Phi) is 5.69. The lowest BCUT2D eigenvalue weighted by Gasteiger charge is -2.13. The zero-order valence-electron chi connectivity index (χ0n) is 13.9. The van der Waals surface area contributed by atoms with E-state index in [4.69, 9.17) is 28.9 Å². The van der Waals surface area contributed by atoms with Crippen LogP contribution in [0.25, 0.3) is 5.69 Å². The Hall–Kier alpha value is -1.53. The maximum absolute atomic E-state index is 6.40. The molecular formula is C18H18Cl2N4S. The number of halogens is 2. The highest BCUT2D eigenvalue weighted by atomic mass is 35.5. The molecule has 0 radical (unpaired) electrons. The van der Waals surface area contributed by atoms with Crippen molar-refractivity contribution in [3.63, 3.8) is 0 Å². The summed E-state index contributed by atoms with van der Waals surface area (Å²) in [6, 6.07) is 13.5. The number of rotatable bonds is 5. The fraction of sp³-hybridized carbons (Fsp3) is 0.222. The first-order chi connectivity index (χ1) is 12.0. The smallest absolute Gasteiger partial charge is 0.196 e. The first-order valence-electron chi connectivity index (χ1n) is 7.80. The Morgan fingerprint density at radius 3 is 2.64 bits per heavy atom. The van der Waals surface area contributed by atoms with Gasteiger partial charge in [0, 0.05) is 10.8 Å². The van der Waals surface area contributed by atoms with E-state index >= 15 is 0 Å². The third kappa shape index (κ3) is 4.18. The Morgan fingerprint density at radius 1 is 1.16 bits per heavy atom. The minimum atomic E-state index is -0.271. The first-order valence-corrected chi connectivity index (χ1v) is 9.54. The van der Waals surface area contributed by atoms with Gasteiger partial charge < -0.3 is 5.73 Å². The molecular weight excluding hydrogens is 375 g/mol. The van der Waals surface area contributed by atoms with E-state index in [2.05, 4.69) is 41.4 Å². The van der Waals surface area contributed by atoms with Crippen LogP contribution < -0.4 is 5.73 Å². The van der Waals surface area contributed by atoms with Crippen LogP contribution in [0, 0.1) is 6.92 Å². The third-order valence-corrected chi connectivity index (χ3v) is 5.20. The number of hydrogen-bond donors (Lipinski definition) is 1. The van der Waals surface area contributed by atoms with Crippen LogP contribution in [0.5, 0.6) is 0 Å². The summed E-state index contributed by atoms with van der Waals surface area (Å²) in [5, 5.41) is 10.4. The molecule has 7 heteroatoms. The summed E-state index contributed by atoms with van der Waals surface area (Å²) < 4.78 is 1.91. The van der Waals surface area contributed by atoms with Crippen LogP contribution in [0.2, 0.25) is 10.0 Å². The van der Waals surface area contributed by atoms with Crippen LogP contribution in [-0.2, 0) is 5.75 Å². The van der Waals surface area contributed by atoms with E-state index in [1.54, 1.807) is 23.9 Å². The molecule has 25 heavy (non-hydrogen) atoms. The first kappa shape index (κ1) is 18.3. The quantitative estimate of drug-likeness (QED) is 0.606. The summed E-state index contributed by atoms with van der Waals surface area (Å²) in [5.41, 5.74) is 9.30. The molecule has 0 saturated carbocycles. The number of aryl methyl sites for hydroxylation is 1. The topological polar surface area (TPSA) is 56.7 Å². The van der Waals surface area contributed by atoms with E-state index in [0.717, 1.165) is 16.6 Å². The van der Waals surface area contributed by atoms with Gasteiger partial charge in [-0.05, 0) is 37.6 Å². The summed E-state index contributed by atoms with van der Waals surface area (Å²) in [7, 11) is 0. The standard InChI is InChI=1S/C18H18Cl2N4S/c1-11-4-3-5-13(8-11)10-25-18-23-22-17(12(2)21)24(18)16-7-6-14(19)9-15(16)20/h3-9,12H,10,21H2,1-2H3. The maximum Gasteiger partial charge on any atom is 0.196 e. The zero-order chi connectivity index (χ0) is 18.0. The molecule has 1 heterocycles. The second-order valence-corrected chi connectivity index (χ2v) is 7.62. The van der Waals surface area contributed by atoms with Crippen LogP contribution in [0.4, 0.5) is 0 Å². The molecule has 1 atom stereocenters. The van der Waals surface area contributed by atoms with Gasteiger partial charge in [-0.3, -0.25) is 4.57 Å². The molecule has 2 N–H and O–H groups in total. The SMILES string of the molecule is Cc1cccc(CSc2nnc(C(C)N)n2-c2ccc(Cl)cc2Cl)c1. The van der Waals surface area contributed by atoms with Crippen LogP contribution >= 0.6 is 35.0 Å². The summed E-state index contributed by atoms with van der Waals surface area (Å²) in [6.45, 7) is 3.96. The predicted octanol–water partition coefficient (Wildman–Crippen LogP) is 5.19. The highest BCUT2D eigenvalue weighted by Gasteiger charge is 2.19. The number of benzene rings is 2. The number of nitrogens with zero attached hydrogens (tertiary/aromatic N) is 3. The van der Waals surface area contributed by atoms with Gasteiger partial charge in [0.2, 0.25) is 0 Å². The van der Waals surface area contributed by atoms with Crippen molar-refractivity contribution >= 4 is 35.0 Å². The summed E-state index contributed by atoms with van der Waals surface area (Å²) in [6.07, 6.45) is 0. The summed E-state index contributed by atoms with van der Waals surface area (Å²) in [4.78, 5) is 0. The molecule has 0 aliphatic heterocycles. The Bertz CT molecular complexity index is 893. The molecule has 0 saturated heterocycles. The van der Waals surface area contributed by atoms with Gasteiger partial charge in [-0.2, -0.15) is 0 Å². The van der Waals surface area contributed by atoms with Gasteiger partial charge in [-0.1, -0.05) is 64.8 Å². The average molecular weight is 393 g/mol. The monoisotopic (exact) mass is 392 g/mol. The van der Waals surface area contributed by atoms with E-state index < -0.39 is 0 Å². The fourth-order valence-corrected chi connectivity index (χ4v) is 3.90. The predicted molar refractivity (Wildman–Crippen MR) is 105 cm³/mol. The lowest BCUT2D eigenvalue weighted by atomic mass is 10.2.